The van der Waals surface area contributed by atoms with Crippen LogP contribution in [0, 0.1) is 11.8 Å². The monoisotopic (exact) mass is 316 g/mol. The summed E-state index contributed by atoms with van der Waals surface area (Å²) in [6, 6.07) is 16.4. The number of hydrogen-bond acceptors (Lipinski definition) is 3. The van der Waals surface area contributed by atoms with E-state index < -0.39 is 0 Å². The number of rotatable bonds is 3. The third-order valence-corrected chi connectivity index (χ3v) is 3.35. The van der Waals surface area contributed by atoms with Gasteiger partial charge in [-0.2, -0.15) is 0 Å². The van der Waals surface area contributed by atoms with E-state index in [1.54, 1.807) is 12.3 Å². The average Bonchev–Trinajstić information content (AvgIpc) is 3.11. The predicted molar refractivity (Wildman–Crippen MR) is 92.7 cm³/mol. The summed E-state index contributed by atoms with van der Waals surface area (Å²) in [6.45, 7) is 1.98. The fraction of sp³-hybridized carbons (Fsp3) is 0.100. The van der Waals surface area contributed by atoms with Gasteiger partial charge in [-0.25, -0.2) is 4.98 Å². The summed E-state index contributed by atoms with van der Waals surface area (Å²) < 4.78 is 5.45. The SMILES string of the molecule is CCc1ccc(C(=O)Nc2cccc(C#Cc3ccccn3)c2)o1. The van der Waals surface area contributed by atoms with Crippen molar-refractivity contribution in [2.24, 2.45) is 0 Å². The maximum atomic E-state index is 12.2. The zero-order valence-corrected chi connectivity index (χ0v) is 13.2. The van der Waals surface area contributed by atoms with Crippen molar-refractivity contribution in [1.29, 1.82) is 0 Å². The van der Waals surface area contributed by atoms with E-state index >= 15 is 0 Å². The number of benzene rings is 1. The van der Waals surface area contributed by atoms with E-state index in [0.717, 1.165) is 17.7 Å². The third kappa shape index (κ3) is 3.90. The van der Waals surface area contributed by atoms with Gasteiger partial charge in [-0.1, -0.05) is 25.0 Å². The minimum Gasteiger partial charge on any atom is -0.456 e. The molecular weight excluding hydrogens is 300 g/mol. The van der Waals surface area contributed by atoms with E-state index in [4.69, 9.17) is 4.42 Å². The van der Waals surface area contributed by atoms with Crippen LogP contribution in [-0.4, -0.2) is 10.9 Å². The average molecular weight is 316 g/mol. The molecule has 4 nitrogen and oxygen atoms in total. The molecule has 0 spiro atoms. The minimum atomic E-state index is -0.274. The Morgan fingerprint density at radius 2 is 2.04 bits per heavy atom. The maximum absolute atomic E-state index is 12.2. The fourth-order valence-corrected chi connectivity index (χ4v) is 2.13. The lowest BCUT2D eigenvalue weighted by Gasteiger charge is -2.03. The van der Waals surface area contributed by atoms with E-state index in [9.17, 15) is 4.79 Å². The first-order valence-electron chi connectivity index (χ1n) is 7.68. The molecule has 0 aliphatic carbocycles. The summed E-state index contributed by atoms with van der Waals surface area (Å²) in [7, 11) is 0. The number of aryl methyl sites for hydroxylation is 1. The van der Waals surface area contributed by atoms with Gasteiger partial charge in [0.05, 0.1) is 0 Å². The highest BCUT2D eigenvalue weighted by molar-refractivity contribution is 6.02. The van der Waals surface area contributed by atoms with Crippen LogP contribution in [0.5, 0.6) is 0 Å². The second-order valence-corrected chi connectivity index (χ2v) is 5.12. The summed E-state index contributed by atoms with van der Waals surface area (Å²) in [5.74, 6) is 6.85. The molecular formula is C20H16N2O2. The number of hydrogen-bond donors (Lipinski definition) is 1. The Hall–Kier alpha value is -3.32. The van der Waals surface area contributed by atoms with Crippen molar-refractivity contribution in [3.8, 4) is 11.8 Å². The number of amides is 1. The highest BCUT2D eigenvalue weighted by atomic mass is 16.3. The fourth-order valence-electron chi connectivity index (χ4n) is 2.13. The molecule has 2 heterocycles. The number of furan rings is 1. The Morgan fingerprint density at radius 1 is 1.12 bits per heavy atom. The van der Waals surface area contributed by atoms with E-state index in [2.05, 4.69) is 22.1 Å². The van der Waals surface area contributed by atoms with Gasteiger partial charge >= 0.3 is 0 Å². The van der Waals surface area contributed by atoms with Crippen molar-refractivity contribution in [3.05, 3.63) is 83.6 Å². The molecule has 4 heteroatoms. The van der Waals surface area contributed by atoms with E-state index in [-0.39, 0.29) is 5.91 Å². The number of carbonyl (C=O) groups excluding carboxylic acids is 1. The van der Waals surface area contributed by atoms with Crippen LogP contribution in [-0.2, 0) is 6.42 Å². The van der Waals surface area contributed by atoms with Gasteiger partial charge in [0.15, 0.2) is 5.76 Å². The van der Waals surface area contributed by atoms with Crippen LogP contribution >= 0.6 is 0 Å². The first-order valence-corrected chi connectivity index (χ1v) is 7.68. The number of pyridine rings is 1. The third-order valence-electron chi connectivity index (χ3n) is 3.35. The molecule has 1 N–H and O–H groups in total. The largest absolute Gasteiger partial charge is 0.456 e. The molecule has 3 rings (SSSR count). The molecule has 0 unspecified atom stereocenters. The molecule has 1 aromatic carbocycles. The van der Waals surface area contributed by atoms with Crippen molar-refractivity contribution in [1.82, 2.24) is 4.98 Å². The second-order valence-electron chi connectivity index (χ2n) is 5.12. The van der Waals surface area contributed by atoms with Gasteiger partial charge in [-0.05, 0) is 48.4 Å². The minimum absolute atomic E-state index is 0.274. The van der Waals surface area contributed by atoms with Crippen molar-refractivity contribution >= 4 is 11.6 Å². The van der Waals surface area contributed by atoms with Gasteiger partial charge in [0, 0.05) is 23.9 Å². The summed E-state index contributed by atoms with van der Waals surface area (Å²) in [5, 5.41) is 2.82. The Kier molecular flexibility index (Phi) is 4.73. The Bertz CT molecular complexity index is 902. The van der Waals surface area contributed by atoms with Gasteiger partial charge in [-0.3, -0.25) is 4.79 Å². The van der Waals surface area contributed by atoms with Gasteiger partial charge < -0.3 is 9.73 Å². The molecule has 0 saturated heterocycles. The van der Waals surface area contributed by atoms with Crippen LogP contribution in [0.4, 0.5) is 5.69 Å². The van der Waals surface area contributed by atoms with Crippen LogP contribution < -0.4 is 5.32 Å². The van der Waals surface area contributed by atoms with Gasteiger partial charge in [0.25, 0.3) is 5.91 Å². The van der Waals surface area contributed by atoms with Crippen molar-refractivity contribution < 1.29 is 9.21 Å². The molecule has 0 aliphatic rings. The highest BCUT2D eigenvalue weighted by Gasteiger charge is 2.10. The highest BCUT2D eigenvalue weighted by Crippen LogP contribution is 2.14. The summed E-state index contributed by atoms with van der Waals surface area (Å²) in [5.41, 5.74) is 2.17. The zero-order chi connectivity index (χ0) is 16.8. The molecule has 118 valence electrons. The number of carbonyl (C=O) groups is 1. The number of nitrogens with one attached hydrogen (secondary N) is 1. The summed E-state index contributed by atoms with van der Waals surface area (Å²) in [4.78, 5) is 16.3. The first-order chi connectivity index (χ1) is 11.7. The first kappa shape index (κ1) is 15.6. The van der Waals surface area contributed by atoms with Crippen LogP contribution in [0.3, 0.4) is 0 Å². The van der Waals surface area contributed by atoms with Crippen molar-refractivity contribution in [3.63, 3.8) is 0 Å². The molecule has 0 radical (unpaired) electrons. The maximum Gasteiger partial charge on any atom is 0.291 e. The van der Waals surface area contributed by atoms with Crippen LogP contribution in [0.25, 0.3) is 0 Å². The molecule has 3 aromatic rings. The molecule has 0 aliphatic heterocycles. The molecule has 0 saturated carbocycles. The number of nitrogens with zero attached hydrogens (tertiary/aromatic N) is 1. The lowest BCUT2D eigenvalue weighted by Crippen LogP contribution is -2.10. The molecule has 24 heavy (non-hydrogen) atoms. The lowest BCUT2D eigenvalue weighted by molar-refractivity contribution is 0.0995. The van der Waals surface area contributed by atoms with E-state index in [1.165, 1.54) is 0 Å². The van der Waals surface area contributed by atoms with Crippen molar-refractivity contribution in [2.45, 2.75) is 13.3 Å². The Labute approximate surface area is 140 Å². The Balaban J connectivity index is 1.73. The molecule has 0 bridgehead atoms. The van der Waals surface area contributed by atoms with E-state index in [0.29, 0.717) is 17.1 Å². The van der Waals surface area contributed by atoms with Gasteiger partial charge in [-0.15, -0.1) is 0 Å². The number of anilines is 1. The summed E-state index contributed by atoms with van der Waals surface area (Å²) >= 11 is 0. The zero-order valence-electron chi connectivity index (χ0n) is 13.2. The lowest BCUT2D eigenvalue weighted by atomic mass is 10.2. The molecule has 0 fully saturated rings. The quantitative estimate of drug-likeness (QED) is 0.746. The molecule has 0 atom stereocenters. The molecule has 1 amide bonds. The van der Waals surface area contributed by atoms with Gasteiger partial charge in [0.1, 0.15) is 11.5 Å². The second kappa shape index (κ2) is 7.30. The number of aromatic nitrogens is 1. The van der Waals surface area contributed by atoms with E-state index in [1.807, 2.05) is 55.5 Å². The van der Waals surface area contributed by atoms with Crippen LogP contribution in [0.15, 0.2) is 65.2 Å². The van der Waals surface area contributed by atoms with Gasteiger partial charge in [0.2, 0.25) is 0 Å². The topological polar surface area (TPSA) is 55.1 Å². The predicted octanol–water partition coefficient (Wildman–Crippen LogP) is 3.89. The summed E-state index contributed by atoms with van der Waals surface area (Å²) in [6.07, 6.45) is 2.46. The van der Waals surface area contributed by atoms with Crippen LogP contribution in [0.1, 0.15) is 34.5 Å². The molecule has 2 aromatic heterocycles. The standard InChI is InChI=1S/C20H16N2O2/c1-2-18-11-12-19(24-18)20(23)22-17-8-5-6-15(14-17)9-10-16-7-3-4-13-21-16/h3-8,11-14H,2H2,1H3,(H,22,23). The normalized spacial score (nSPS) is 9.88. The smallest absolute Gasteiger partial charge is 0.291 e. The van der Waals surface area contributed by atoms with Crippen molar-refractivity contribution in [2.75, 3.05) is 5.32 Å². The van der Waals surface area contributed by atoms with Crippen LogP contribution in [0.2, 0.25) is 0 Å². The Morgan fingerprint density at radius 3 is 2.79 bits per heavy atom.